The molecule has 2 fully saturated rings. The summed E-state index contributed by atoms with van der Waals surface area (Å²) in [4.78, 5) is 29.4. The van der Waals surface area contributed by atoms with E-state index in [1.54, 1.807) is 12.0 Å². The Morgan fingerprint density at radius 1 is 1.17 bits per heavy atom. The molecule has 0 aromatic heterocycles. The summed E-state index contributed by atoms with van der Waals surface area (Å²) in [7, 11) is 1.70. The van der Waals surface area contributed by atoms with E-state index in [0.717, 1.165) is 37.8 Å². The van der Waals surface area contributed by atoms with Crippen molar-refractivity contribution < 1.29 is 14.3 Å². The molecule has 0 radical (unpaired) electrons. The summed E-state index contributed by atoms with van der Waals surface area (Å²) in [6.07, 6.45) is 4.44. The molecule has 3 rings (SSSR count). The van der Waals surface area contributed by atoms with E-state index in [9.17, 15) is 9.59 Å². The van der Waals surface area contributed by atoms with Gasteiger partial charge in [0.25, 0.3) is 0 Å². The van der Waals surface area contributed by atoms with Crippen molar-refractivity contribution in [2.45, 2.75) is 44.2 Å². The summed E-state index contributed by atoms with van der Waals surface area (Å²) >= 11 is 0. The van der Waals surface area contributed by atoms with Crippen molar-refractivity contribution in [3.05, 3.63) is 35.9 Å². The van der Waals surface area contributed by atoms with Gasteiger partial charge in [-0.05, 0) is 31.2 Å². The van der Waals surface area contributed by atoms with Gasteiger partial charge in [-0.3, -0.25) is 9.59 Å². The van der Waals surface area contributed by atoms with Gasteiger partial charge in [0.15, 0.2) is 0 Å². The molecule has 1 aromatic carbocycles. The second kappa shape index (κ2) is 7.79. The Kier molecular flexibility index (Phi) is 5.51. The first-order chi connectivity index (χ1) is 11.7. The predicted octanol–water partition coefficient (Wildman–Crippen LogP) is 2.38. The van der Waals surface area contributed by atoms with E-state index in [4.69, 9.17) is 4.74 Å². The molecule has 5 heteroatoms. The quantitative estimate of drug-likeness (QED) is 0.852. The highest BCUT2D eigenvalue weighted by molar-refractivity contribution is 5.89. The summed E-state index contributed by atoms with van der Waals surface area (Å²) < 4.78 is 5.45. The van der Waals surface area contributed by atoms with Crippen LogP contribution >= 0.6 is 0 Å². The van der Waals surface area contributed by atoms with E-state index in [-0.39, 0.29) is 17.9 Å². The zero-order chi connectivity index (χ0) is 16.9. The highest BCUT2D eigenvalue weighted by Crippen LogP contribution is 2.28. The molecule has 2 heterocycles. The van der Waals surface area contributed by atoms with E-state index < -0.39 is 6.04 Å². The number of carbonyl (C=O) groups excluding carboxylic acids is 2. The minimum absolute atomic E-state index is 0.0261. The first-order valence-electron chi connectivity index (χ1n) is 8.86. The number of likely N-dealkylation sites (tertiary alicyclic amines) is 2. The first kappa shape index (κ1) is 17.0. The minimum Gasteiger partial charge on any atom is -0.380 e. The number of carbonyl (C=O) groups is 2. The van der Waals surface area contributed by atoms with Crippen molar-refractivity contribution in [3.63, 3.8) is 0 Å². The Hall–Kier alpha value is -1.88. The molecule has 130 valence electrons. The van der Waals surface area contributed by atoms with E-state index >= 15 is 0 Å². The van der Waals surface area contributed by atoms with Crippen LogP contribution in [0.4, 0.5) is 0 Å². The second-order valence-electron chi connectivity index (χ2n) is 6.64. The van der Waals surface area contributed by atoms with Crippen LogP contribution in [0.2, 0.25) is 0 Å². The van der Waals surface area contributed by atoms with Crippen LogP contribution in [-0.4, -0.2) is 54.5 Å². The SMILES string of the molecule is CO[C@@H]1CCCN(C(=O)[C@H](c2ccccc2)N2CCCCC2=O)C1. The van der Waals surface area contributed by atoms with Crippen molar-refractivity contribution in [1.82, 2.24) is 9.80 Å². The summed E-state index contributed by atoms with van der Waals surface area (Å²) in [6.45, 7) is 2.01. The van der Waals surface area contributed by atoms with Crippen LogP contribution in [0, 0.1) is 0 Å². The number of ether oxygens (including phenoxy) is 1. The number of hydrogen-bond donors (Lipinski definition) is 0. The number of methoxy groups -OCH3 is 1. The maximum absolute atomic E-state index is 13.3. The number of piperidine rings is 2. The summed E-state index contributed by atoms with van der Waals surface area (Å²) in [5.41, 5.74) is 0.900. The lowest BCUT2D eigenvalue weighted by Gasteiger charge is -2.39. The third-order valence-corrected chi connectivity index (χ3v) is 5.04. The van der Waals surface area contributed by atoms with Crippen LogP contribution in [0.15, 0.2) is 30.3 Å². The Bertz CT molecular complexity index is 575. The van der Waals surface area contributed by atoms with Gasteiger partial charge < -0.3 is 14.5 Å². The smallest absolute Gasteiger partial charge is 0.250 e. The molecular formula is C19H26N2O3. The number of rotatable bonds is 4. The molecule has 2 aliphatic heterocycles. The molecule has 2 amide bonds. The monoisotopic (exact) mass is 330 g/mol. The van der Waals surface area contributed by atoms with Crippen molar-refractivity contribution in [1.29, 1.82) is 0 Å². The summed E-state index contributed by atoms with van der Waals surface area (Å²) in [5.74, 6) is 0.113. The van der Waals surface area contributed by atoms with E-state index in [2.05, 4.69) is 0 Å². The van der Waals surface area contributed by atoms with Gasteiger partial charge in [0.05, 0.1) is 6.10 Å². The van der Waals surface area contributed by atoms with Crippen LogP contribution in [0.1, 0.15) is 43.7 Å². The van der Waals surface area contributed by atoms with Crippen LogP contribution in [0.25, 0.3) is 0 Å². The Balaban J connectivity index is 1.86. The molecule has 0 unspecified atom stereocenters. The Morgan fingerprint density at radius 3 is 2.67 bits per heavy atom. The lowest BCUT2D eigenvalue weighted by Crippen LogP contribution is -2.50. The van der Waals surface area contributed by atoms with Gasteiger partial charge in [-0.1, -0.05) is 30.3 Å². The molecular weight excluding hydrogens is 304 g/mol. The highest BCUT2D eigenvalue weighted by atomic mass is 16.5. The molecule has 2 atom stereocenters. The van der Waals surface area contributed by atoms with Crippen LogP contribution in [0.3, 0.4) is 0 Å². The third kappa shape index (κ3) is 3.61. The first-order valence-corrected chi connectivity index (χ1v) is 8.86. The fraction of sp³-hybridized carbons (Fsp3) is 0.579. The van der Waals surface area contributed by atoms with Gasteiger partial charge in [0.1, 0.15) is 6.04 Å². The van der Waals surface area contributed by atoms with E-state index in [1.807, 2.05) is 35.2 Å². The fourth-order valence-corrected chi connectivity index (χ4v) is 3.69. The van der Waals surface area contributed by atoms with Gasteiger partial charge in [0, 0.05) is 33.2 Å². The molecule has 0 bridgehead atoms. The molecule has 0 N–H and O–H groups in total. The second-order valence-corrected chi connectivity index (χ2v) is 6.64. The van der Waals surface area contributed by atoms with E-state index in [0.29, 0.717) is 19.5 Å². The largest absolute Gasteiger partial charge is 0.380 e. The molecule has 2 aliphatic rings. The maximum atomic E-state index is 13.3. The molecule has 5 nitrogen and oxygen atoms in total. The van der Waals surface area contributed by atoms with Crippen molar-refractivity contribution in [2.24, 2.45) is 0 Å². The molecule has 0 spiro atoms. The predicted molar refractivity (Wildman–Crippen MR) is 91.4 cm³/mol. The zero-order valence-electron chi connectivity index (χ0n) is 14.3. The highest BCUT2D eigenvalue weighted by Gasteiger charge is 2.36. The number of hydrogen-bond acceptors (Lipinski definition) is 3. The van der Waals surface area contributed by atoms with Gasteiger partial charge in [-0.2, -0.15) is 0 Å². The minimum atomic E-state index is -0.505. The average molecular weight is 330 g/mol. The lowest BCUT2D eigenvalue weighted by atomic mass is 9.98. The summed E-state index contributed by atoms with van der Waals surface area (Å²) in [5, 5.41) is 0. The van der Waals surface area contributed by atoms with Crippen LogP contribution in [-0.2, 0) is 14.3 Å². The number of nitrogens with zero attached hydrogens (tertiary/aromatic N) is 2. The Labute approximate surface area is 143 Å². The van der Waals surface area contributed by atoms with Crippen molar-refractivity contribution in [2.75, 3.05) is 26.7 Å². The van der Waals surface area contributed by atoms with Gasteiger partial charge in [0.2, 0.25) is 11.8 Å². The zero-order valence-corrected chi connectivity index (χ0v) is 14.3. The van der Waals surface area contributed by atoms with Crippen molar-refractivity contribution >= 4 is 11.8 Å². The lowest BCUT2D eigenvalue weighted by molar-refractivity contribution is -0.149. The molecule has 0 saturated carbocycles. The Morgan fingerprint density at radius 2 is 1.96 bits per heavy atom. The average Bonchev–Trinajstić information content (AvgIpc) is 2.64. The molecule has 2 saturated heterocycles. The van der Waals surface area contributed by atoms with Gasteiger partial charge in [-0.15, -0.1) is 0 Å². The van der Waals surface area contributed by atoms with Crippen LogP contribution < -0.4 is 0 Å². The van der Waals surface area contributed by atoms with E-state index in [1.165, 1.54) is 0 Å². The number of amides is 2. The normalized spacial score (nSPS) is 23.2. The van der Waals surface area contributed by atoms with Crippen molar-refractivity contribution in [3.8, 4) is 0 Å². The molecule has 24 heavy (non-hydrogen) atoms. The standard InChI is InChI=1S/C19H26N2O3/c1-24-16-10-7-12-20(14-16)19(23)18(15-8-3-2-4-9-15)21-13-6-5-11-17(21)22/h2-4,8-9,16,18H,5-7,10-14H2,1H3/t16-,18+/m1/s1. The topological polar surface area (TPSA) is 49.9 Å². The fourth-order valence-electron chi connectivity index (χ4n) is 3.69. The van der Waals surface area contributed by atoms with Crippen LogP contribution in [0.5, 0.6) is 0 Å². The number of benzene rings is 1. The molecule has 0 aliphatic carbocycles. The summed E-state index contributed by atoms with van der Waals surface area (Å²) in [6, 6.07) is 9.18. The third-order valence-electron chi connectivity index (χ3n) is 5.04. The van der Waals surface area contributed by atoms with Gasteiger partial charge in [-0.25, -0.2) is 0 Å². The molecule has 1 aromatic rings. The maximum Gasteiger partial charge on any atom is 0.250 e. The van der Waals surface area contributed by atoms with Gasteiger partial charge >= 0.3 is 0 Å².